The highest BCUT2D eigenvalue weighted by Gasteiger charge is 2.37. The SMILES string of the molecule is O=C1CCCO[C@]2(CCCO2)CC1. The van der Waals surface area contributed by atoms with E-state index in [-0.39, 0.29) is 0 Å². The smallest absolute Gasteiger partial charge is 0.168 e. The Labute approximate surface area is 78.4 Å². The number of Topliss-reactive ketones (excluding diaryl/α,β-unsaturated/α-hetero) is 1. The number of carbonyl (C=O) groups excluding carboxylic acids is 1. The zero-order chi connectivity index (χ0) is 9.15. The molecule has 3 nitrogen and oxygen atoms in total. The second-order valence-corrected chi connectivity index (χ2v) is 3.85. The molecule has 0 N–H and O–H groups in total. The molecular formula is C10H16O3. The Balaban J connectivity index is 1.97. The third kappa shape index (κ3) is 2.09. The zero-order valence-electron chi connectivity index (χ0n) is 7.88. The van der Waals surface area contributed by atoms with Crippen LogP contribution in [0.15, 0.2) is 0 Å². The van der Waals surface area contributed by atoms with Crippen LogP contribution in [0, 0.1) is 0 Å². The predicted octanol–water partition coefficient (Wildman–Crippen LogP) is 1.65. The summed E-state index contributed by atoms with van der Waals surface area (Å²) < 4.78 is 11.3. The van der Waals surface area contributed by atoms with Crippen molar-refractivity contribution in [3.63, 3.8) is 0 Å². The summed E-state index contributed by atoms with van der Waals surface area (Å²) in [7, 11) is 0. The first kappa shape index (κ1) is 9.16. The maximum Gasteiger partial charge on any atom is 0.168 e. The molecule has 0 amide bonds. The van der Waals surface area contributed by atoms with Crippen LogP contribution in [-0.2, 0) is 14.3 Å². The molecule has 74 valence electrons. The Hall–Kier alpha value is -0.410. The molecule has 2 rings (SSSR count). The minimum atomic E-state index is -0.393. The summed E-state index contributed by atoms with van der Waals surface area (Å²) in [6.07, 6.45) is 4.93. The van der Waals surface area contributed by atoms with Crippen molar-refractivity contribution in [2.24, 2.45) is 0 Å². The molecule has 0 unspecified atom stereocenters. The van der Waals surface area contributed by atoms with Gasteiger partial charge in [0.1, 0.15) is 5.78 Å². The molecule has 1 atom stereocenters. The minimum absolute atomic E-state index is 0.359. The van der Waals surface area contributed by atoms with E-state index < -0.39 is 5.79 Å². The van der Waals surface area contributed by atoms with Gasteiger partial charge in [-0.05, 0) is 12.8 Å². The van der Waals surface area contributed by atoms with Crippen LogP contribution in [0.3, 0.4) is 0 Å². The van der Waals surface area contributed by atoms with E-state index in [2.05, 4.69) is 0 Å². The van der Waals surface area contributed by atoms with E-state index in [4.69, 9.17) is 9.47 Å². The molecule has 0 aromatic rings. The summed E-state index contributed by atoms with van der Waals surface area (Å²) in [5.74, 6) is -0.0334. The number of ether oxygens (including phenoxy) is 2. The summed E-state index contributed by atoms with van der Waals surface area (Å²) in [4.78, 5) is 11.3. The van der Waals surface area contributed by atoms with Gasteiger partial charge in [-0.25, -0.2) is 0 Å². The van der Waals surface area contributed by atoms with Gasteiger partial charge in [0.05, 0.1) is 13.2 Å². The van der Waals surface area contributed by atoms with Gasteiger partial charge in [0, 0.05) is 25.7 Å². The molecule has 2 aliphatic heterocycles. The lowest BCUT2D eigenvalue weighted by Crippen LogP contribution is -2.34. The monoisotopic (exact) mass is 184 g/mol. The summed E-state index contributed by atoms with van der Waals surface area (Å²) >= 11 is 0. The molecule has 0 bridgehead atoms. The molecule has 1 spiro atoms. The molecule has 2 heterocycles. The highest BCUT2D eigenvalue weighted by molar-refractivity contribution is 5.78. The summed E-state index contributed by atoms with van der Waals surface area (Å²) in [5, 5.41) is 0. The predicted molar refractivity (Wildman–Crippen MR) is 47.3 cm³/mol. The largest absolute Gasteiger partial charge is 0.350 e. The Bertz CT molecular complexity index is 194. The van der Waals surface area contributed by atoms with Gasteiger partial charge in [0.15, 0.2) is 5.79 Å². The van der Waals surface area contributed by atoms with Crippen molar-refractivity contribution in [2.75, 3.05) is 13.2 Å². The van der Waals surface area contributed by atoms with E-state index in [1.54, 1.807) is 0 Å². The number of carbonyl (C=O) groups is 1. The first-order valence-corrected chi connectivity index (χ1v) is 5.10. The quantitative estimate of drug-likeness (QED) is 0.574. The second kappa shape index (κ2) is 3.76. The van der Waals surface area contributed by atoms with Gasteiger partial charge in [0.2, 0.25) is 0 Å². The molecule has 3 heteroatoms. The second-order valence-electron chi connectivity index (χ2n) is 3.85. The minimum Gasteiger partial charge on any atom is -0.350 e. The van der Waals surface area contributed by atoms with Crippen LogP contribution in [0.4, 0.5) is 0 Å². The zero-order valence-corrected chi connectivity index (χ0v) is 7.88. The van der Waals surface area contributed by atoms with Crippen LogP contribution in [0.25, 0.3) is 0 Å². The van der Waals surface area contributed by atoms with Crippen LogP contribution in [0.5, 0.6) is 0 Å². The Morgan fingerprint density at radius 1 is 1.00 bits per heavy atom. The molecule has 13 heavy (non-hydrogen) atoms. The molecular weight excluding hydrogens is 168 g/mol. The topological polar surface area (TPSA) is 35.5 Å². The third-order valence-electron chi connectivity index (χ3n) is 2.82. The van der Waals surface area contributed by atoms with Crippen molar-refractivity contribution in [3.05, 3.63) is 0 Å². The molecule has 2 aliphatic rings. The molecule has 2 fully saturated rings. The van der Waals surface area contributed by atoms with Crippen molar-refractivity contribution < 1.29 is 14.3 Å². The van der Waals surface area contributed by atoms with Gasteiger partial charge >= 0.3 is 0 Å². The average Bonchev–Trinajstić information content (AvgIpc) is 2.56. The van der Waals surface area contributed by atoms with Crippen LogP contribution in [0.1, 0.15) is 38.5 Å². The normalized spacial score (nSPS) is 36.2. The Kier molecular flexibility index (Phi) is 2.65. The lowest BCUT2D eigenvalue weighted by atomic mass is 10.0. The molecule has 0 radical (unpaired) electrons. The molecule has 0 aromatic heterocycles. The van der Waals surface area contributed by atoms with E-state index >= 15 is 0 Å². The van der Waals surface area contributed by atoms with Gasteiger partial charge in [0.25, 0.3) is 0 Å². The van der Waals surface area contributed by atoms with Crippen LogP contribution < -0.4 is 0 Å². The highest BCUT2D eigenvalue weighted by atomic mass is 16.7. The summed E-state index contributed by atoms with van der Waals surface area (Å²) in [6, 6.07) is 0. The van der Waals surface area contributed by atoms with Gasteiger partial charge in [-0.3, -0.25) is 4.79 Å². The van der Waals surface area contributed by atoms with E-state index in [1.807, 2.05) is 0 Å². The number of rotatable bonds is 0. The van der Waals surface area contributed by atoms with Crippen molar-refractivity contribution >= 4 is 5.78 Å². The number of hydrogen-bond donors (Lipinski definition) is 0. The average molecular weight is 184 g/mol. The maximum atomic E-state index is 11.3. The third-order valence-corrected chi connectivity index (χ3v) is 2.82. The first-order chi connectivity index (χ1) is 6.31. The van der Waals surface area contributed by atoms with Crippen molar-refractivity contribution in [1.82, 2.24) is 0 Å². The van der Waals surface area contributed by atoms with Crippen LogP contribution in [-0.4, -0.2) is 24.8 Å². The standard InChI is InChI=1S/C10H16O3/c11-9-3-1-7-12-10(6-4-9)5-2-8-13-10/h1-8H2/t10-/m0/s1. The molecule has 2 saturated heterocycles. The van der Waals surface area contributed by atoms with Crippen molar-refractivity contribution in [3.8, 4) is 0 Å². The van der Waals surface area contributed by atoms with Gasteiger partial charge in [-0.1, -0.05) is 0 Å². The van der Waals surface area contributed by atoms with Crippen LogP contribution >= 0.6 is 0 Å². The van der Waals surface area contributed by atoms with E-state index in [0.717, 1.165) is 32.3 Å². The molecule has 0 aliphatic carbocycles. The Morgan fingerprint density at radius 2 is 1.77 bits per heavy atom. The van der Waals surface area contributed by atoms with E-state index in [0.29, 0.717) is 25.2 Å². The fraction of sp³-hybridized carbons (Fsp3) is 0.900. The number of ketones is 1. The van der Waals surface area contributed by atoms with Gasteiger partial charge < -0.3 is 9.47 Å². The fourth-order valence-electron chi connectivity index (χ4n) is 2.04. The van der Waals surface area contributed by atoms with Crippen molar-refractivity contribution in [1.29, 1.82) is 0 Å². The lowest BCUT2D eigenvalue weighted by Gasteiger charge is -2.29. The van der Waals surface area contributed by atoms with E-state index in [9.17, 15) is 4.79 Å². The molecule has 0 aromatic carbocycles. The van der Waals surface area contributed by atoms with Gasteiger partial charge in [-0.15, -0.1) is 0 Å². The maximum absolute atomic E-state index is 11.3. The molecule has 0 saturated carbocycles. The summed E-state index contributed by atoms with van der Waals surface area (Å²) in [5.41, 5.74) is 0. The highest BCUT2D eigenvalue weighted by Crippen LogP contribution is 2.33. The first-order valence-electron chi connectivity index (χ1n) is 5.10. The number of hydrogen-bond acceptors (Lipinski definition) is 3. The van der Waals surface area contributed by atoms with Crippen LogP contribution in [0.2, 0.25) is 0 Å². The van der Waals surface area contributed by atoms with Gasteiger partial charge in [-0.2, -0.15) is 0 Å². The Morgan fingerprint density at radius 3 is 2.54 bits per heavy atom. The van der Waals surface area contributed by atoms with Crippen molar-refractivity contribution in [2.45, 2.75) is 44.3 Å². The fourth-order valence-corrected chi connectivity index (χ4v) is 2.04. The van der Waals surface area contributed by atoms with E-state index in [1.165, 1.54) is 0 Å². The summed E-state index contributed by atoms with van der Waals surface area (Å²) in [6.45, 7) is 1.46. The lowest BCUT2D eigenvalue weighted by molar-refractivity contribution is -0.217.